The third-order valence-electron chi connectivity index (χ3n) is 2.02. The molecule has 1 atom stereocenters. The monoisotopic (exact) mass is 177 g/mol. The average Bonchev–Trinajstić information content (AvgIpc) is 2.17. The molecule has 0 saturated carbocycles. The molecule has 0 amide bonds. The van der Waals surface area contributed by atoms with Gasteiger partial charge in [-0.2, -0.15) is 0 Å². The second kappa shape index (κ2) is 6.41. The molecule has 1 heteroatoms. The third-order valence-corrected chi connectivity index (χ3v) is 2.02. The maximum absolute atomic E-state index is 4.13. The fraction of sp³-hybridized carbons (Fsp3) is 0.417. The highest BCUT2D eigenvalue weighted by Crippen LogP contribution is 2.05. The Labute approximate surface area is 81.6 Å². The first-order valence-electron chi connectivity index (χ1n) is 4.56. The van der Waals surface area contributed by atoms with Crippen molar-refractivity contribution in [3.63, 3.8) is 0 Å². The normalized spacial score (nSPS) is 16.3. The molecule has 0 aromatic carbocycles. The molecule has 13 heavy (non-hydrogen) atoms. The van der Waals surface area contributed by atoms with Gasteiger partial charge in [0, 0.05) is 12.8 Å². The molecule has 0 fully saturated rings. The summed E-state index contributed by atoms with van der Waals surface area (Å²) in [5, 5.41) is 0. The molecule has 0 spiro atoms. The van der Waals surface area contributed by atoms with Gasteiger partial charge >= 0.3 is 0 Å². The summed E-state index contributed by atoms with van der Waals surface area (Å²) in [4.78, 5) is 4.13. The SMILES string of the molecule is C=CC(C)C=C/C(=C\C)C(C)=NC. The van der Waals surface area contributed by atoms with Crippen LogP contribution in [0.5, 0.6) is 0 Å². The van der Waals surface area contributed by atoms with Gasteiger partial charge in [0.1, 0.15) is 0 Å². The molecule has 1 nitrogen and oxygen atoms in total. The van der Waals surface area contributed by atoms with Gasteiger partial charge in [0.25, 0.3) is 0 Å². The molecular formula is C12H19N. The zero-order valence-corrected chi connectivity index (χ0v) is 9.04. The first-order valence-corrected chi connectivity index (χ1v) is 4.56. The second-order valence-electron chi connectivity index (χ2n) is 3.01. The summed E-state index contributed by atoms with van der Waals surface area (Å²) in [6.07, 6.45) is 8.20. The molecule has 72 valence electrons. The van der Waals surface area contributed by atoms with E-state index in [1.54, 1.807) is 0 Å². The van der Waals surface area contributed by atoms with Crippen molar-refractivity contribution < 1.29 is 0 Å². The van der Waals surface area contributed by atoms with Crippen LogP contribution in [0.2, 0.25) is 0 Å². The molecule has 0 aliphatic carbocycles. The maximum Gasteiger partial charge on any atom is 0.0382 e. The lowest BCUT2D eigenvalue weighted by Gasteiger charge is -2.00. The van der Waals surface area contributed by atoms with Crippen LogP contribution in [0.15, 0.2) is 41.4 Å². The summed E-state index contributed by atoms with van der Waals surface area (Å²) in [7, 11) is 1.81. The van der Waals surface area contributed by atoms with E-state index in [9.17, 15) is 0 Å². The van der Waals surface area contributed by atoms with Crippen LogP contribution in [0, 0.1) is 5.92 Å². The number of hydrogen-bond donors (Lipinski definition) is 0. The highest BCUT2D eigenvalue weighted by molar-refractivity contribution is 6.00. The van der Waals surface area contributed by atoms with Crippen LogP contribution >= 0.6 is 0 Å². The van der Waals surface area contributed by atoms with Gasteiger partial charge in [0.15, 0.2) is 0 Å². The molecule has 0 aliphatic heterocycles. The smallest absolute Gasteiger partial charge is 0.0382 e. The van der Waals surface area contributed by atoms with Gasteiger partial charge in [-0.3, -0.25) is 4.99 Å². The highest BCUT2D eigenvalue weighted by atomic mass is 14.7. The van der Waals surface area contributed by atoms with Crippen LogP contribution in [-0.2, 0) is 0 Å². The average molecular weight is 177 g/mol. The van der Waals surface area contributed by atoms with Crippen molar-refractivity contribution in [2.75, 3.05) is 7.05 Å². The Morgan fingerprint density at radius 2 is 2.08 bits per heavy atom. The van der Waals surface area contributed by atoms with E-state index in [1.165, 1.54) is 5.57 Å². The van der Waals surface area contributed by atoms with Crippen molar-refractivity contribution >= 4 is 5.71 Å². The number of allylic oxidation sites excluding steroid dienone is 5. The van der Waals surface area contributed by atoms with Crippen LogP contribution in [0.25, 0.3) is 0 Å². The molecule has 0 rings (SSSR count). The molecule has 0 radical (unpaired) electrons. The lowest BCUT2D eigenvalue weighted by molar-refractivity contribution is 0.943. The van der Waals surface area contributed by atoms with Gasteiger partial charge in [0.05, 0.1) is 0 Å². The lowest BCUT2D eigenvalue weighted by Crippen LogP contribution is -1.94. The minimum absolute atomic E-state index is 0.416. The van der Waals surface area contributed by atoms with E-state index in [1.807, 2.05) is 27.0 Å². The van der Waals surface area contributed by atoms with Crippen LogP contribution in [0.3, 0.4) is 0 Å². The van der Waals surface area contributed by atoms with Crippen LogP contribution in [0.1, 0.15) is 20.8 Å². The van der Waals surface area contributed by atoms with E-state index in [2.05, 4.69) is 36.7 Å². The predicted octanol–water partition coefficient (Wildman–Crippen LogP) is 3.40. The fourth-order valence-electron chi connectivity index (χ4n) is 0.889. The minimum Gasteiger partial charge on any atom is -0.293 e. The van der Waals surface area contributed by atoms with Crippen molar-refractivity contribution in [3.8, 4) is 0 Å². The number of aliphatic imine (C=N–C) groups is 1. The van der Waals surface area contributed by atoms with E-state index in [-0.39, 0.29) is 0 Å². The van der Waals surface area contributed by atoms with Gasteiger partial charge in [-0.15, -0.1) is 6.58 Å². The molecule has 1 unspecified atom stereocenters. The Kier molecular flexibility index (Phi) is 5.86. The van der Waals surface area contributed by atoms with Gasteiger partial charge in [-0.1, -0.05) is 31.2 Å². The van der Waals surface area contributed by atoms with Gasteiger partial charge in [0.2, 0.25) is 0 Å². The van der Waals surface area contributed by atoms with Crippen molar-refractivity contribution in [2.24, 2.45) is 10.9 Å². The Bertz CT molecular complexity index is 244. The molecule has 0 aromatic heterocycles. The molecule has 0 heterocycles. The maximum atomic E-state index is 4.13. The molecule has 0 bridgehead atoms. The van der Waals surface area contributed by atoms with Crippen molar-refractivity contribution in [1.82, 2.24) is 0 Å². The fourth-order valence-corrected chi connectivity index (χ4v) is 0.889. The minimum atomic E-state index is 0.416. The summed E-state index contributed by atoms with van der Waals surface area (Å²) >= 11 is 0. The number of nitrogens with zero attached hydrogens (tertiary/aromatic N) is 1. The largest absolute Gasteiger partial charge is 0.293 e. The molecule has 0 saturated heterocycles. The van der Waals surface area contributed by atoms with Gasteiger partial charge in [-0.25, -0.2) is 0 Å². The Balaban J connectivity index is 4.48. The van der Waals surface area contributed by atoms with Crippen LogP contribution in [0.4, 0.5) is 0 Å². The summed E-state index contributed by atoms with van der Waals surface area (Å²) in [5.41, 5.74) is 2.24. The van der Waals surface area contributed by atoms with E-state index >= 15 is 0 Å². The van der Waals surface area contributed by atoms with Crippen molar-refractivity contribution in [2.45, 2.75) is 20.8 Å². The van der Waals surface area contributed by atoms with Crippen molar-refractivity contribution in [3.05, 3.63) is 36.5 Å². The van der Waals surface area contributed by atoms with Crippen molar-refractivity contribution in [1.29, 1.82) is 0 Å². The second-order valence-corrected chi connectivity index (χ2v) is 3.01. The zero-order chi connectivity index (χ0) is 10.3. The summed E-state index contributed by atoms with van der Waals surface area (Å²) in [6.45, 7) is 9.87. The third kappa shape index (κ3) is 4.46. The number of rotatable bonds is 4. The Morgan fingerprint density at radius 1 is 1.46 bits per heavy atom. The quantitative estimate of drug-likeness (QED) is 0.354. The molecule has 0 aliphatic rings. The first-order chi connectivity index (χ1) is 6.15. The van der Waals surface area contributed by atoms with E-state index < -0.39 is 0 Å². The van der Waals surface area contributed by atoms with Crippen LogP contribution < -0.4 is 0 Å². The Hall–Kier alpha value is -1.11. The van der Waals surface area contributed by atoms with E-state index in [0.717, 1.165) is 5.71 Å². The summed E-state index contributed by atoms with van der Waals surface area (Å²) in [6, 6.07) is 0. The topological polar surface area (TPSA) is 12.4 Å². The van der Waals surface area contributed by atoms with E-state index in [0.29, 0.717) is 5.92 Å². The lowest BCUT2D eigenvalue weighted by atomic mass is 10.1. The highest BCUT2D eigenvalue weighted by Gasteiger charge is 1.94. The predicted molar refractivity (Wildman–Crippen MR) is 61.3 cm³/mol. The molecular weight excluding hydrogens is 158 g/mol. The molecule has 0 N–H and O–H groups in total. The summed E-state index contributed by atoms with van der Waals surface area (Å²) < 4.78 is 0. The van der Waals surface area contributed by atoms with E-state index in [4.69, 9.17) is 0 Å². The zero-order valence-electron chi connectivity index (χ0n) is 9.04. The first kappa shape index (κ1) is 11.9. The van der Waals surface area contributed by atoms with Gasteiger partial charge < -0.3 is 0 Å². The van der Waals surface area contributed by atoms with Gasteiger partial charge in [-0.05, 0) is 25.3 Å². The van der Waals surface area contributed by atoms with Crippen LogP contribution in [-0.4, -0.2) is 12.8 Å². The number of hydrogen-bond acceptors (Lipinski definition) is 1. The Morgan fingerprint density at radius 3 is 2.46 bits per heavy atom. The molecule has 0 aromatic rings. The standard InChI is InChI=1S/C12H19N/c1-6-10(3)8-9-12(7-2)11(4)13-5/h6-10H,1H2,2-5H3/b9-8?,12-7+,13-11?. The summed E-state index contributed by atoms with van der Waals surface area (Å²) in [5.74, 6) is 0.416.